The molecule has 0 bridgehead atoms. The van der Waals surface area contributed by atoms with Crippen molar-refractivity contribution >= 4 is 16.7 Å². The molecule has 0 spiro atoms. The summed E-state index contributed by atoms with van der Waals surface area (Å²) in [5.74, 6) is 0. The molecule has 0 saturated heterocycles. The number of hydrogen-bond donors (Lipinski definition) is 2. The van der Waals surface area contributed by atoms with E-state index in [1.54, 1.807) is 12.4 Å². The van der Waals surface area contributed by atoms with Crippen molar-refractivity contribution in [1.82, 2.24) is 9.55 Å². The average molecular weight is 299 g/mol. The fraction of sp³-hybridized carbons (Fsp3) is 0.529. The summed E-state index contributed by atoms with van der Waals surface area (Å²) in [6.07, 6.45) is 4.96. The van der Waals surface area contributed by atoms with Crippen LogP contribution >= 0.6 is 0 Å². The van der Waals surface area contributed by atoms with Gasteiger partial charge in [0.25, 0.3) is 0 Å². The molecule has 1 fully saturated rings. The van der Waals surface area contributed by atoms with Gasteiger partial charge >= 0.3 is 0 Å². The Kier molecular flexibility index (Phi) is 3.67. The first-order valence-corrected chi connectivity index (χ1v) is 7.63. The molecule has 1 aliphatic rings. The van der Waals surface area contributed by atoms with Crippen LogP contribution in [0.5, 0.6) is 0 Å². The smallest absolute Gasteiger partial charge is 0.189 e. The van der Waals surface area contributed by atoms with Crippen LogP contribution in [0, 0.1) is 12.0 Å². The third-order valence-electron chi connectivity index (χ3n) is 4.76. The Hall–Kier alpha value is -1.90. The zero-order valence-corrected chi connectivity index (χ0v) is 12.8. The average Bonchev–Trinajstić information content (AvgIpc) is 2.88. The van der Waals surface area contributed by atoms with Crippen LogP contribution in [0.1, 0.15) is 32.6 Å². The minimum atomic E-state index is -0.967. The summed E-state index contributed by atoms with van der Waals surface area (Å²) in [4.78, 5) is 7.87. The lowest BCUT2D eigenvalue weighted by Crippen LogP contribution is -2.44. The number of hydrogen-bond acceptors (Lipinski definition) is 3. The normalized spacial score (nSPS) is 28.6. The maximum Gasteiger partial charge on any atom is 0.189 e. The molecular weight excluding hydrogens is 278 g/mol. The molecule has 5 nitrogen and oxygen atoms in total. The van der Waals surface area contributed by atoms with Crippen molar-refractivity contribution in [2.75, 3.05) is 6.61 Å². The number of aromatic nitrogens is 2. The van der Waals surface area contributed by atoms with Gasteiger partial charge in [-0.05, 0) is 43.2 Å². The van der Waals surface area contributed by atoms with Gasteiger partial charge in [0.15, 0.2) is 5.69 Å². The highest BCUT2D eigenvalue weighted by molar-refractivity contribution is 5.79. The summed E-state index contributed by atoms with van der Waals surface area (Å²) < 4.78 is 2.06. The van der Waals surface area contributed by atoms with E-state index in [4.69, 9.17) is 6.57 Å². The van der Waals surface area contributed by atoms with Crippen molar-refractivity contribution in [3.63, 3.8) is 0 Å². The molecule has 116 valence electrons. The highest BCUT2D eigenvalue weighted by Gasteiger charge is 2.40. The van der Waals surface area contributed by atoms with E-state index in [2.05, 4.69) is 21.3 Å². The number of imidazole rings is 1. The van der Waals surface area contributed by atoms with Crippen molar-refractivity contribution in [3.05, 3.63) is 35.9 Å². The van der Waals surface area contributed by atoms with Crippen molar-refractivity contribution in [3.8, 4) is 0 Å². The predicted molar refractivity (Wildman–Crippen MR) is 84.6 cm³/mol. The summed E-state index contributed by atoms with van der Waals surface area (Å²) in [5.41, 5.74) is 1.38. The Morgan fingerprint density at radius 2 is 2.23 bits per heavy atom. The van der Waals surface area contributed by atoms with Crippen LogP contribution in [0.15, 0.2) is 24.5 Å². The number of aliphatic hydroxyl groups excluding tert-OH is 1. The van der Waals surface area contributed by atoms with E-state index in [0.29, 0.717) is 18.5 Å². The molecule has 2 atom stereocenters. The van der Waals surface area contributed by atoms with E-state index < -0.39 is 5.60 Å². The molecule has 0 amide bonds. The lowest BCUT2D eigenvalue weighted by molar-refractivity contribution is -0.0822. The first-order valence-electron chi connectivity index (χ1n) is 7.63. The van der Waals surface area contributed by atoms with E-state index in [1.165, 1.54) is 0 Å². The lowest BCUT2D eigenvalue weighted by atomic mass is 9.68. The first kappa shape index (κ1) is 15.0. The number of aliphatic hydroxyl groups is 2. The highest BCUT2D eigenvalue weighted by atomic mass is 16.3. The van der Waals surface area contributed by atoms with Gasteiger partial charge in [-0.15, -0.1) is 0 Å². The molecule has 1 aliphatic carbocycles. The van der Waals surface area contributed by atoms with Crippen LogP contribution in [-0.2, 0) is 6.54 Å². The van der Waals surface area contributed by atoms with E-state index in [1.807, 2.05) is 12.1 Å². The summed E-state index contributed by atoms with van der Waals surface area (Å²) in [6.45, 7) is 9.84. The van der Waals surface area contributed by atoms with Gasteiger partial charge in [-0.3, -0.25) is 0 Å². The molecule has 0 unspecified atom stereocenters. The molecule has 0 radical (unpaired) electrons. The molecule has 1 saturated carbocycles. The van der Waals surface area contributed by atoms with Gasteiger partial charge in [0, 0.05) is 6.54 Å². The van der Waals surface area contributed by atoms with Gasteiger partial charge in [0.2, 0.25) is 0 Å². The summed E-state index contributed by atoms with van der Waals surface area (Å²) in [5, 5.41) is 19.9. The largest absolute Gasteiger partial charge is 0.393 e. The third kappa shape index (κ3) is 2.72. The van der Waals surface area contributed by atoms with E-state index in [0.717, 1.165) is 30.4 Å². The van der Waals surface area contributed by atoms with Gasteiger partial charge in [0.1, 0.15) is 0 Å². The minimum Gasteiger partial charge on any atom is -0.393 e. The minimum absolute atomic E-state index is 0.0858. The zero-order valence-electron chi connectivity index (χ0n) is 12.8. The number of fused-ring (bicyclic) bond motifs is 1. The fourth-order valence-corrected chi connectivity index (χ4v) is 3.74. The molecule has 1 aromatic carbocycles. The van der Waals surface area contributed by atoms with Crippen LogP contribution in [-0.4, -0.2) is 32.0 Å². The Morgan fingerprint density at radius 1 is 1.41 bits per heavy atom. The van der Waals surface area contributed by atoms with Crippen LogP contribution in [0.2, 0.25) is 0 Å². The Labute approximate surface area is 130 Å². The van der Waals surface area contributed by atoms with Crippen molar-refractivity contribution in [2.24, 2.45) is 5.41 Å². The summed E-state index contributed by atoms with van der Waals surface area (Å²) >= 11 is 0. The summed E-state index contributed by atoms with van der Waals surface area (Å²) in [6, 6.07) is 5.51. The monoisotopic (exact) mass is 299 g/mol. The molecule has 22 heavy (non-hydrogen) atoms. The SMILES string of the molecule is [C-]#[N+]c1ccc2ncn(C[C@@]3(C)CCC[C@](O)(CO)C3)c2c1. The molecule has 5 heteroatoms. The van der Waals surface area contributed by atoms with Crippen LogP contribution in [0.4, 0.5) is 5.69 Å². The van der Waals surface area contributed by atoms with E-state index in [-0.39, 0.29) is 12.0 Å². The summed E-state index contributed by atoms with van der Waals surface area (Å²) in [7, 11) is 0. The molecule has 1 heterocycles. The Balaban J connectivity index is 1.91. The topological polar surface area (TPSA) is 62.6 Å². The standard InChI is InChI=1S/C17H21N3O2/c1-16(6-3-7-17(22,9-16)11-21)10-20-12-19-14-5-4-13(18-2)8-15(14)20/h4-5,8,12,21-22H,3,6-7,9-11H2,1H3/t16-,17+/m0/s1. The lowest BCUT2D eigenvalue weighted by Gasteiger charge is -2.42. The molecule has 2 aromatic rings. The van der Waals surface area contributed by atoms with Crippen LogP contribution in [0.3, 0.4) is 0 Å². The van der Waals surface area contributed by atoms with Crippen LogP contribution in [0.25, 0.3) is 15.9 Å². The maximum absolute atomic E-state index is 10.4. The van der Waals surface area contributed by atoms with Crippen LogP contribution < -0.4 is 0 Å². The van der Waals surface area contributed by atoms with Crippen molar-refractivity contribution < 1.29 is 10.2 Å². The number of rotatable bonds is 3. The molecule has 1 aromatic heterocycles. The molecule has 0 aliphatic heterocycles. The van der Waals surface area contributed by atoms with E-state index >= 15 is 0 Å². The predicted octanol–water partition coefficient (Wildman–Crippen LogP) is 2.89. The quantitative estimate of drug-likeness (QED) is 0.857. The Morgan fingerprint density at radius 3 is 2.95 bits per heavy atom. The highest BCUT2D eigenvalue weighted by Crippen LogP contribution is 2.42. The second-order valence-electron chi connectivity index (χ2n) is 6.88. The molecular formula is C17H21N3O2. The number of benzene rings is 1. The zero-order chi connectivity index (χ0) is 15.8. The van der Waals surface area contributed by atoms with Gasteiger partial charge in [-0.1, -0.05) is 13.0 Å². The van der Waals surface area contributed by atoms with E-state index in [9.17, 15) is 10.2 Å². The first-order chi connectivity index (χ1) is 10.5. The van der Waals surface area contributed by atoms with Gasteiger partial charge in [-0.2, -0.15) is 0 Å². The van der Waals surface area contributed by atoms with Gasteiger partial charge in [0.05, 0.1) is 36.1 Å². The van der Waals surface area contributed by atoms with Crippen molar-refractivity contribution in [1.29, 1.82) is 0 Å². The Bertz CT molecular complexity index is 733. The van der Waals surface area contributed by atoms with Gasteiger partial charge < -0.3 is 14.8 Å². The third-order valence-corrected chi connectivity index (χ3v) is 4.76. The fourth-order valence-electron chi connectivity index (χ4n) is 3.74. The molecule has 2 N–H and O–H groups in total. The second kappa shape index (κ2) is 5.38. The van der Waals surface area contributed by atoms with Gasteiger partial charge in [-0.25, -0.2) is 9.83 Å². The maximum atomic E-state index is 10.4. The second-order valence-corrected chi connectivity index (χ2v) is 6.88. The molecule has 3 rings (SSSR count). The number of nitrogens with zero attached hydrogens (tertiary/aromatic N) is 3. The van der Waals surface area contributed by atoms with Crippen molar-refractivity contribution in [2.45, 2.75) is 44.8 Å².